The average molecular weight is 323 g/mol. The smallest absolute Gasteiger partial charge is 0.158 e. The molecule has 0 unspecified atom stereocenters. The van der Waals surface area contributed by atoms with Crippen molar-refractivity contribution in [2.75, 3.05) is 0 Å². The van der Waals surface area contributed by atoms with Gasteiger partial charge < -0.3 is 0 Å². The lowest BCUT2D eigenvalue weighted by atomic mass is 10.1. The summed E-state index contributed by atoms with van der Waals surface area (Å²) < 4.78 is 2.71. The summed E-state index contributed by atoms with van der Waals surface area (Å²) in [5, 5.41) is 4.60. The third kappa shape index (κ3) is 2.71. The molecule has 19 heavy (non-hydrogen) atoms. The molecular weight excluding hydrogens is 304 g/mol. The predicted octanol–water partition coefficient (Wildman–Crippen LogP) is 3.73. The number of rotatable bonds is 3. The molecule has 2 aromatic rings. The van der Waals surface area contributed by atoms with Crippen molar-refractivity contribution in [2.45, 2.75) is 47.0 Å². The Bertz CT molecular complexity index is 602. The van der Waals surface area contributed by atoms with Gasteiger partial charge in [0.05, 0.1) is 5.69 Å². The van der Waals surface area contributed by atoms with Gasteiger partial charge in [-0.25, -0.2) is 14.6 Å². The molecule has 0 bridgehead atoms. The zero-order valence-electron chi connectivity index (χ0n) is 12.0. The van der Waals surface area contributed by atoms with E-state index in [2.05, 4.69) is 58.7 Å². The van der Waals surface area contributed by atoms with E-state index in [1.54, 1.807) is 0 Å². The average Bonchev–Trinajstić information content (AvgIpc) is 2.63. The fourth-order valence-electron chi connectivity index (χ4n) is 2.20. The highest BCUT2D eigenvalue weighted by Gasteiger charge is 2.14. The van der Waals surface area contributed by atoms with Crippen LogP contribution in [0, 0.1) is 13.8 Å². The van der Waals surface area contributed by atoms with Crippen molar-refractivity contribution >= 4 is 15.9 Å². The van der Waals surface area contributed by atoms with Crippen LogP contribution in [-0.2, 0) is 6.42 Å². The Morgan fingerprint density at radius 2 is 1.95 bits per heavy atom. The molecular formula is C14H19BrN4. The number of aromatic nitrogens is 4. The standard InChI is InChI=1S/C14H19BrN4/c1-6-11-9(4)18-19(10(11)5)13-7-12(15)16-14(17-13)8(2)3/h7-8H,6H2,1-5H3. The van der Waals surface area contributed by atoms with Gasteiger partial charge in [-0.3, -0.25) is 0 Å². The van der Waals surface area contributed by atoms with Gasteiger partial charge in [0.25, 0.3) is 0 Å². The van der Waals surface area contributed by atoms with E-state index in [0.29, 0.717) is 5.92 Å². The Labute approximate surface area is 122 Å². The van der Waals surface area contributed by atoms with Crippen molar-refractivity contribution in [3.63, 3.8) is 0 Å². The first-order chi connectivity index (χ1) is 8.93. The second kappa shape index (κ2) is 5.41. The number of hydrogen-bond acceptors (Lipinski definition) is 3. The number of nitrogens with zero attached hydrogens (tertiary/aromatic N) is 4. The summed E-state index contributed by atoms with van der Waals surface area (Å²) in [6, 6.07) is 1.91. The minimum absolute atomic E-state index is 0.291. The van der Waals surface area contributed by atoms with Crippen LogP contribution in [0.1, 0.15) is 49.5 Å². The summed E-state index contributed by atoms with van der Waals surface area (Å²) in [6.07, 6.45) is 0.987. The number of aryl methyl sites for hydroxylation is 1. The molecule has 2 heterocycles. The molecule has 0 saturated heterocycles. The summed E-state index contributed by atoms with van der Waals surface area (Å²) >= 11 is 3.45. The monoisotopic (exact) mass is 322 g/mol. The van der Waals surface area contributed by atoms with Gasteiger partial charge in [-0.05, 0) is 41.8 Å². The van der Waals surface area contributed by atoms with Gasteiger partial charge in [0.15, 0.2) is 5.82 Å². The lowest BCUT2D eigenvalue weighted by Crippen LogP contribution is -2.07. The normalized spacial score (nSPS) is 11.3. The molecule has 4 nitrogen and oxygen atoms in total. The molecule has 0 N–H and O–H groups in total. The zero-order valence-corrected chi connectivity index (χ0v) is 13.6. The van der Waals surface area contributed by atoms with E-state index >= 15 is 0 Å². The van der Waals surface area contributed by atoms with E-state index in [4.69, 9.17) is 0 Å². The molecule has 0 saturated carbocycles. The largest absolute Gasteiger partial charge is 0.226 e. The van der Waals surface area contributed by atoms with Crippen LogP contribution in [0.4, 0.5) is 0 Å². The Morgan fingerprint density at radius 3 is 2.47 bits per heavy atom. The SMILES string of the molecule is CCc1c(C)nn(-c2cc(Br)nc(C(C)C)n2)c1C. The van der Waals surface area contributed by atoms with Crippen LogP contribution in [0.3, 0.4) is 0 Å². The minimum atomic E-state index is 0.291. The third-order valence-electron chi connectivity index (χ3n) is 3.23. The maximum Gasteiger partial charge on any atom is 0.158 e. The second-order valence-corrected chi connectivity index (χ2v) is 5.79. The Morgan fingerprint density at radius 1 is 1.26 bits per heavy atom. The van der Waals surface area contributed by atoms with Crippen LogP contribution in [0.25, 0.3) is 5.82 Å². The molecule has 2 aromatic heterocycles. The number of hydrogen-bond donors (Lipinski definition) is 0. The van der Waals surface area contributed by atoms with Crippen LogP contribution in [-0.4, -0.2) is 19.7 Å². The van der Waals surface area contributed by atoms with E-state index in [1.807, 2.05) is 17.7 Å². The van der Waals surface area contributed by atoms with Crippen molar-refractivity contribution < 1.29 is 0 Å². The molecule has 0 aromatic carbocycles. The summed E-state index contributed by atoms with van der Waals surface area (Å²) in [5.74, 6) is 1.94. The van der Waals surface area contributed by atoms with Crippen molar-refractivity contribution in [3.05, 3.63) is 33.4 Å². The third-order valence-corrected chi connectivity index (χ3v) is 3.63. The molecule has 0 fully saturated rings. The van der Waals surface area contributed by atoms with E-state index in [-0.39, 0.29) is 0 Å². The molecule has 0 aliphatic heterocycles. The predicted molar refractivity (Wildman–Crippen MR) is 79.8 cm³/mol. The maximum atomic E-state index is 4.61. The molecule has 0 spiro atoms. The summed E-state index contributed by atoms with van der Waals surface area (Å²) in [5.41, 5.74) is 3.52. The van der Waals surface area contributed by atoms with E-state index < -0.39 is 0 Å². The fraction of sp³-hybridized carbons (Fsp3) is 0.500. The fourth-order valence-corrected chi connectivity index (χ4v) is 2.59. The quantitative estimate of drug-likeness (QED) is 0.809. The van der Waals surface area contributed by atoms with Crippen molar-refractivity contribution in [2.24, 2.45) is 0 Å². The lowest BCUT2D eigenvalue weighted by Gasteiger charge is -2.09. The van der Waals surface area contributed by atoms with Crippen molar-refractivity contribution in [3.8, 4) is 5.82 Å². The first kappa shape index (κ1) is 14.2. The van der Waals surface area contributed by atoms with Crippen LogP contribution in [0.15, 0.2) is 10.7 Å². The molecule has 0 radical (unpaired) electrons. The Balaban J connectivity index is 2.59. The minimum Gasteiger partial charge on any atom is -0.226 e. The first-order valence-electron chi connectivity index (χ1n) is 6.54. The van der Waals surface area contributed by atoms with Gasteiger partial charge in [0.2, 0.25) is 0 Å². The molecule has 2 rings (SSSR count). The zero-order chi connectivity index (χ0) is 14.2. The molecule has 0 atom stereocenters. The molecule has 0 aliphatic carbocycles. The highest BCUT2D eigenvalue weighted by atomic mass is 79.9. The summed E-state index contributed by atoms with van der Waals surface area (Å²) in [6.45, 7) is 10.5. The second-order valence-electron chi connectivity index (χ2n) is 4.98. The lowest BCUT2D eigenvalue weighted by molar-refractivity contribution is 0.730. The molecule has 5 heteroatoms. The van der Waals surface area contributed by atoms with Gasteiger partial charge in [-0.15, -0.1) is 0 Å². The van der Waals surface area contributed by atoms with Crippen molar-refractivity contribution in [1.29, 1.82) is 0 Å². The Kier molecular flexibility index (Phi) is 4.04. The van der Waals surface area contributed by atoms with Crippen LogP contribution >= 0.6 is 15.9 Å². The van der Waals surface area contributed by atoms with Gasteiger partial charge in [-0.1, -0.05) is 20.8 Å². The topological polar surface area (TPSA) is 43.6 Å². The van der Waals surface area contributed by atoms with Crippen molar-refractivity contribution in [1.82, 2.24) is 19.7 Å². The van der Waals surface area contributed by atoms with E-state index in [1.165, 1.54) is 5.56 Å². The summed E-state index contributed by atoms with van der Waals surface area (Å²) in [7, 11) is 0. The molecule has 0 aliphatic rings. The van der Waals surface area contributed by atoms with Gasteiger partial charge in [-0.2, -0.15) is 5.10 Å². The highest BCUT2D eigenvalue weighted by molar-refractivity contribution is 9.10. The van der Waals surface area contributed by atoms with Gasteiger partial charge in [0.1, 0.15) is 10.4 Å². The summed E-state index contributed by atoms with van der Waals surface area (Å²) in [4.78, 5) is 9.01. The van der Waals surface area contributed by atoms with Gasteiger partial charge >= 0.3 is 0 Å². The maximum absolute atomic E-state index is 4.61. The Hall–Kier alpha value is -1.23. The van der Waals surface area contributed by atoms with E-state index in [9.17, 15) is 0 Å². The first-order valence-corrected chi connectivity index (χ1v) is 7.33. The number of halogens is 1. The van der Waals surface area contributed by atoms with Crippen LogP contribution in [0.2, 0.25) is 0 Å². The molecule has 102 valence electrons. The van der Waals surface area contributed by atoms with Gasteiger partial charge in [0, 0.05) is 17.7 Å². The molecule has 0 amide bonds. The van der Waals surface area contributed by atoms with Crippen LogP contribution in [0.5, 0.6) is 0 Å². The van der Waals surface area contributed by atoms with Crippen LogP contribution < -0.4 is 0 Å². The van der Waals surface area contributed by atoms with E-state index in [0.717, 1.165) is 34.1 Å². The highest BCUT2D eigenvalue weighted by Crippen LogP contribution is 2.21.